The van der Waals surface area contributed by atoms with Gasteiger partial charge in [-0.1, -0.05) is 0 Å². The fourth-order valence-electron chi connectivity index (χ4n) is 0.745. The summed E-state index contributed by atoms with van der Waals surface area (Å²) >= 11 is 0. The second-order valence-corrected chi connectivity index (χ2v) is 2.00. The van der Waals surface area contributed by atoms with Crippen molar-refractivity contribution in [3.05, 3.63) is 0 Å². The molecule has 0 heterocycles. The molecule has 1 fully saturated rings. The van der Waals surface area contributed by atoms with Gasteiger partial charge in [-0.05, 0) is 13.3 Å². The monoisotopic (exact) mass is 110 g/mol. The molecule has 44 valence electrons. The minimum atomic E-state index is 0.394. The summed E-state index contributed by atoms with van der Waals surface area (Å²) in [6.45, 7) is 2.79. The van der Waals surface area contributed by atoms with Crippen LogP contribution in [0.2, 0.25) is 0 Å². The fraction of sp³-hybridized carbons (Fsp3) is 0.714. The van der Waals surface area contributed by atoms with E-state index in [-0.39, 0.29) is 0 Å². The minimum Gasteiger partial charge on any atom is -0.377 e. The zero-order chi connectivity index (χ0) is 5.98. The van der Waals surface area contributed by atoms with Crippen LogP contribution >= 0.6 is 0 Å². The molecule has 0 bridgehead atoms. The molecule has 1 aliphatic carbocycles. The maximum Gasteiger partial charge on any atom is 0.0725 e. The first kappa shape index (κ1) is 5.65. The molecule has 8 heavy (non-hydrogen) atoms. The molecule has 1 rings (SSSR count). The molecule has 0 spiro atoms. The van der Waals surface area contributed by atoms with E-state index in [9.17, 15) is 0 Å². The van der Waals surface area contributed by atoms with Crippen molar-refractivity contribution in [1.82, 2.24) is 0 Å². The molecule has 0 aromatic heterocycles. The Bertz CT molecular complexity index is 112. The summed E-state index contributed by atoms with van der Waals surface area (Å²) in [6, 6.07) is 0. The predicted octanol–water partition coefficient (Wildman–Crippen LogP) is 1.04. The highest BCUT2D eigenvalue weighted by Gasteiger charge is 2.35. The van der Waals surface area contributed by atoms with Gasteiger partial charge in [-0.25, -0.2) is 0 Å². The molecule has 0 saturated heterocycles. The van der Waals surface area contributed by atoms with Crippen LogP contribution in [0.3, 0.4) is 0 Å². The topological polar surface area (TPSA) is 9.23 Å². The first-order valence-electron chi connectivity index (χ1n) is 2.96. The summed E-state index contributed by atoms with van der Waals surface area (Å²) < 4.78 is 5.21. The maximum atomic E-state index is 5.21. The summed E-state index contributed by atoms with van der Waals surface area (Å²) in [5, 5.41) is 0. The van der Waals surface area contributed by atoms with Gasteiger partial charge in [0.05, 0.1) is 6.10 Å². The Morgan fingerprint density at radius 1 is 1.88 bits per heavy atom. The number of rotatable bonds is 2. The van der Waals surface area contributed by atoms with Gasteiger partial charge in [0, 0.05) is 12.5 Å². The summed E-state index contributed by atoms with van der Waals surface area (Å²) in [5.41, 5.74) is 0. The van der Waals surface area contributed by atoms with Crippen LogP contribution in [0.25, 0.3) is 0 Å². The lowest BCUT2D eigenvalue weighted by Crippen LogP contribution is -1.93. The molecule has 1 saturated carbocycles. The van der Waals surface area contributed by atoms with Crippen molar-refractivity contribution < 1.29 is 4.74 Å². The molecule has 0 aromatic carbocycles. The molecular formula is C7H10O. The Labute approximate surface area is 50.0 Å². The van der Waals surface area contributed by atoms with Crippen LogP contribution in [-0.4, -0.2) is 12.7 Å². The molecule has 0 radical (unpaired) electrons. The van der Waals surface area contributed by atoms with Crippen LogP contribution in [0.1, 0.15) is 13.3 Å². The highest BCUT2D eigenvalue weighted by atomic mass is 16.5. The Hall–Kier alpha value is -0.480. The highest BCUT2D eigenvalue weighted by Crippen LogP contribution is 2.32. The summed E-state index contributed by atoms with van der Waals surface area (Å²) in [7, 11) is 0. The lowest BCUT2D eigenvalue weighted by molar-refractivity contribution is 0.127. The minimum absolute atomic E-state index is 0.394. The van der Waals surface area contributed by atoms with Gasteiger partial charge in [-0.2, -0.15) is 0 Å². The zero-order valence-corrected chi connectivity index (χ0v) is 5.05. The van der Waals surface area contributed by atoms with Crippen molar-refractivity contribution >= 4 is 0 Å². The highest BCUT2D eigenvalue weighted by molar-refractivity contribution is 5.08. The maximum absolute atomic E-state index is 5.21. The number of ether oxygens (including phenoxy) is 1. The SMILES string of the molecule is C#C[C@H]1C[C@@H]1OCC. The molecule has 0 aromatic rings. The average molecular weight is 110 g/mol. The lowest BCUT2D eigenvalue weighted by Gasteiger charge is -1.92. The van der Waals surface area contributed by atoms with E-state index in [4.69, 9.17) is 11.2 Å². The van der Waals surface area contributed by atoms with Crippen molar-refractivity contribution in [2.75, 3.05) is 6.61 Å². The summed E-state index contributed by atoms with van der Waals surface area (Å²) in [4.78, 5) is 0. The lowest BCUT2D eigenvalue weighted by atomic mass is 10.4. The van der Waals surface area contributed by atoms with Crippen molar-refractivity contribution in [2.24, 2.45) is 5.92 Å². The molecule has 2 atom stereocenters. The van der Waals surface area contributed by atoms with E-state index in [1.807, 2.05) is 6.92 Å². The number of hydrogen-bond acceptors (Lipinski definition) is 1. The van der Waals surface area contributed by atoms with E-state index in [1.54, 1.807) is 0 Å². The van der Waals surface area contributed by atoms with Crippen LogP contribution in [0.4, 0.5) is 0 Å². The van der Waals surface area contributed by atoms with E-state index in [0.717, 1.165) is 13.0 Å². The standard InChI is InChI=1S/C7H10O/c1-3-6-5-7(6)8-4-2/h1,6-7H,4-5H2,2H3/t6-,7-/m0/s1. The van der Waals surface area contributed by atoms with Crippen LogP contribution in [0.5, 0.6) is 0 Å². The summed E-state index contributed by atoms with van der Waals surface area (Å²) in [6.07, 6.45) is 6.59. The third kappa shape index (κ3) is 1.02. The van der Waals surface area contributed by atoms with Crippen LogP contribution < -0.4 is 0 Å². The Morgan fingerprint density at radius 2 is 2.62 bits per heavy atom. The average Bonchev–Trinajstić information content (AvgIpc) is 2.48. The molecule has 0 amide bonds. The van der Waals surface area contributed by atoms with Crippen LogP contribution in [0.15, 0.2) is 0 Å². The van der Waals surface area contributed by atoms with E-state index in [0.29, 0.717) is 12.0 Å². The van der Waals surface area contributed by atoms with E-state index < -0.39 is 0 Å². The summed E-state index contributed by atoms with van der Waals surface area (Å²) in [5.74, 6) is 3.07. The second-order valence-electron chi connectivity index (χ2n) is 2.00. The molecule has 0 unspecified atom stereocenters. The van der Waals surface area contributed by atoms with Crippen LogP contribution in [0, 0.1) is 18.3 Å². The molecule has 0 N–H and O–H groups in total. The predicted molar refractivity (Wildman–Crippen MR) is 32.4 cm³/mol. The van der Waals surface area contributed by atoms with Gasteiger partial charge in [-0.15, -0.1) is 12.3 Å². The Kier molecular flexibility index (Phi) is 1.55. The first-order valence-corrected chi connectivity index (χ1v) is 2.96. The third-order valence-corrected chi connectivity index (χ3v) is 1.33. The van der Waals surface area contributed by atoms with Crippen molar-refractivity contribution in [1.29, 1.82) is 0 Å². The molecule has 0 aliphatic heterocycles. The fourth-order valence-corrected chi connectivity index (χ4v) is 0.745. The van der Waals surface area contributed by atoms with Gasteiger partial charge in [0.25, 0.3) is 0 Å². The Balaban J connectivity index is 2.10. The number of hydrogen-bond donors (Lipinski definition) is 0. The van der Waals surface area contributed by atoms with Gasteiger partial charge < -0.3 is 4.74 Å². The van der Waals surface area contributed by atoms with Gasteiger partial charge in [0.15, 0.2) is 0 Å². The molecule has 1 aliphatic rings. The van der Waals surface area contributed by atoms with E-state index in [1.165, 1.54) is 0 Å². The third-order valence-electron chi connectivity index (χ3n) is 1.33. The molecule has 1 nitrogen and oxygen atoms in total. The normalized spacial score (nSPS) is 34.0. The van der Waals surface area contributed by atoms with Gasteiger partial charge in [-0.3, -0.25) is 0 Å². The van der Waals surface area contributed by atoms with Crippen LogP contribution in [-0.2, 0) is 4.74 Å². The van der Waals surface area contributed by atoms with Gasteiger partial charge in [0.1, 0.15) is 0 Å². The first-order chi connectivity index (χ1) is 3.88. The number of terminal acetylenes is 1. The molecular weight excluding hydrogens is 100 g/mol. The van der Waals surface area contributed by atoms with Crippen molar-refractivity contribution in [3.8, 4) is 12.3 Å². The van der Waals surface area contributed by atoms with Gasteiger partial charge >= 0.3 is 0 Å². The largest absolute Gasteiger partial charge is 0.377 e. The van der Waals surface area contributed by atoms with Gasteiger partial charge in [0.2, 0.25) is 0 Å². The van der Waals surface area contributed by atoms with E-state index in [2.05, 4.69) is 5.92 Å². The quantitative estimate of drug-likeness (QED) is 0.483. The second kappa shape index (κ2) is 2.19. The Morgan fingerprint density at radius 3 is 3.00 bits per heavy atom. The van der Waals surface area contributed by atoms with Crippen molar-refractivity contribution in [2.45, 2.75) is 19.4 Å². The molecule has 1 heteroatoms. The van der Waals surface area contributed by atoms with E-state index >= 15 is 0 Å². The van der Waals surface area contributed by atoms with Crippen molar-refractivity contribution in [3.63, 3.8) is 0 Å². The smallest absolute Gasteiger partial charge is 0.0725 e. The zero-order valence-electron chi connectivity index (χ0n) is 5.05.